The van der Waals surface area contributed by atoms with Crippen molar-refractivity contribution < 1.29 is 17.9 Å². The van der Waals surface area contributed by atoms with Crippen molar-refractivity contribution in [3.63, 3.8) is 0 Å². The first-order valence-corrected chi connectivity index (χ1v) is 12.3. The fourth-order valence-electron chi connectivity index (χ4n) is 3.82. The minimum absolute atomic E-state index is 0.108. The highest BCUT2D eigenvalue weighted by molar-refractivity contribution is 7.91. The predicted octanol–water partition coefficient (Wildman–Crippen LogP) is 3.35. The summed E-state index contributed by atoms with van der Waals surface area (Å²) >= 11 is 1.24. The number of carbonyl (C=O) groups is 1. The van der Waals surface area contributed by atoms with Crippen molar-refractivity contribution in [1.82, 2.24) is 9.21 Å². The van der Waals surface area contributed by atoms with Crippen molar-refractivity contribution in [3.8, 4) is 5.75 Å². The Bertz CT molecular complexity index is 930. The Morgan fingerprint density at radius 3 is 2.38 bits per heavy atom. The molecule has 1 saturated carbocycles. The molecule has 4 rings (SSSR count). The standard InChI is InChI=1S/C21H26N2O4S2/c1-27-19-8-4-16(5-9-19)15-23(18-6-7-18)21(24)17-10-12-22(13-11-17)29(25,26)20-3-2-14-28-20/h2-5,8-9,14,17-18H,6-7,10-13,15H2,1H3. The van der Waals surface area contributed by atoms with Crippen molar-refractivity contribution in [1.29, 1.82) is 0 Å². The smallest absolute Gasteiger partial charge is 0.252 e. The predicted molar refractivity (Wildman–Crippen MR) is 112 cm³/mol. The lowest BCUT2D eigenvalue weighted by Gasteiger charge is -2.33. The zero-order chi connectivity index (χ0) is 20.4. The third kappa shape index (κ3) is 4.49. The number of hydrogen-bond acceptors (Lipinski definition) is 5. The Labute approximate surface area is 176 Å². The van der Waals surface area contributed by atoms with E-state index in [1.54, 1.807) is 24.6 Å². The van der Waals surface area contributed by atoms with E-state index in [2.05, 4.69) is 0 Å². The summed E-state index contributed by atoms with van der Waals surface area (Å²) in [5.74, 6) is 0.859. The number of carbonyl (C=O) groups excluding carboxylic acids is 1. The number of rotatable bonds is 7. The molecule has 29 heavy (non-hydrogen) atoms. The van der Waals surface area contributed by atoms with Crippen LogP contribution >= 0.6 is 11.3 Å². The van der Waals surface area contributed by atoms with E-state index in [-0.39, 0.29) is 11.8 Å². The van der Waals surface area contributed by atoms with Gasteiger partial charge < -0.3 is 9.64 Å². The van der Waals surface area contributed by atoms with Gasteiger partial charge in [-0.25, -0.2) is 8.42 Å². The van der Waals surface area contributed by atoms with Crippen LogP contribution < -0.4 is 4.74 Å². The van der Waals surface area contributed by atoms with Gasteiger partial charge in [-0.15, -0.1) is 11.3 Å². The molecule has 2 aromatic rings. The molecule has 0 unspecified atom stereocenters. The minimum Gasteiger partial charge on any atom is -0.497 e. The van der Waals surface area contributed by atoms with Gasteiger partial charge in [-0.3, -0.25) is 4.79 Å². The second-order valence-electron chi connectivity index (χ2n) is 7.66. The summed E-state index contributed by atoms with van der Waals surface area (Å²) in [6, 6.07) is 11.5. The quantitative estimate of drug-likeness (QED) is 0.670. The molecule has 156 valence electrons. The molecule has 2 fully saturated rings. The van der Waals surface area contributed by atoms with E-state index in [0.29, 0.717) is 42.7 Å². The Morgan fingerprint density at radius 1 is 1.14 bits per heavy atom. The highest BCUT2D eigenvalue weighted by Crippen LogP contribution is 2.33. The summed E-state index contributed by atoms with van der Waals surface area (Å²) in [4.78, 5) is 15.2. The SMILES string of the molecule is COc1ccc(CN(C(=O)C2CCN(S(=O)(=O)c3cccs3)CC2)C2CC2)cc1. The number of nitrogens with zero attached hydrogens (tertiary/aromatic N) is 2. The molecule has 0 radical (unpaired) electrons. The summed E-state index contributed by atoms with van der Waals surface area (Å²) in [6.45, 7) is 1.40. The molecule has 8 heteroatoms. The number of benzene rings is 1. The van der Waals surface area contributed by atoms with Crippen LogP contribution in [0.1, 0.15) is 31.2 Å². The van der Waals surface area contributed by atoms with E-state index in [1.807, 2.05) is 29.2 Å². The maximum Gasteiger partial charge on any atom is 0.252 e. The number of hydrogen-bond donors (Lipinski definition) is 0. The van der Waals surface area contributed by atoms with Crippen molar-refractivity contribution in [2.45, 2.75) is 42.5 Å². The molecular formula is C21H26N2O4S2. The van der Waals surface area contributed by atoms with Gasteiger partial charge in [0.25, 0.3) is 10.0 Å². The van der Waals surface area contributed by atoms with Crippen LogP contribution in [0.2, 0.25) is 0 Å². The maximum atomic E-state index is 13.2. The van der Waals surface area contributed by atoms with Crippen LogP contribution in [0.25, 0.3) is 0 Å². The second kappa shape index (κ2) is 8.45. The molecule has 0 atom stereocenters. The van der Waals surface area contributed by atoms with Crippen LogP contribution in [0.5, 0.6) is 5.75 Å². The summed E-state index contributed by atoms with van der Waals surface area (Å²) in [5, 5.41) is 1.77. The molecule has 1 aliphatic heterocycles. The average Bonchev–Trinajstić information content (AvgIpc) is 3.43. The molecule has 1 saturated heterocycles. The van der Waals surface area contributed by atoms with E-state index in [9.17, 15) is 13.2 Å². The normalized spacial score (nSPS) is 18.5. The Kier molecular flexibility index (Phi) is 5.94. The van der Waals surface area contributed by atoms with Crippen LogP contribution in [0, 0.1) is 5.92 Å². The highest BCUT2D eigenvalue weighted by atomic mass is 32.2. The van der Waals surface area contributed by atoms with Gasteiger partial charge >= 0.3 is 0 Å². The van der Waals surface area contributed by atoms with Gasteiger partial charge in [0.2, 0.25) is 5.91 Å². The van der Waals surface area contributed by atoms with Crippen molar-refractivity contribution >= 4 is 27.3 Å². The lowest BCUT2D eigenvalue weighted by atomic mass is 9.96. The first kappa shape index (κ1) is 20.4. The molecule has 2 heterocycles. The van der Waals surface area contributed by atoms with Gasteiger partial charge in [0.05, 0.1) is 7.11 Å². The van der Waals surface area contributed by atoms with Gasteiger partial charge in [0, 0.05) is 31.6 Å². The van der Waals surface area contributed by atoms with Gasteiger partial charge in [-0.05, 0) is 54.8 Å². The summed E-state index contributed by atoms with van der Waals surface area (Å²) in [6.07, 6.45) is 3.26. The lowest BCUT2D eigenvalue weighted by molar-refractivity contribution is -0.138. The third-order valence-electron chi connectivity index (χ3n) is 5.68. The molecule has 2 aliphatic rings. The fourth-order valence-corrected chi connectivity index (χ4v) is 6.43. The number of sulfonamides is 1. The van der Waals surface area contributed by atoms with E-state index >= 15 is 0 Å². The van der Waals surface area contributed by atoms with E-state index < -0.39 is 10.0 Å². The van der Waals surface area contributed by atoms with Crippen molar-refractivity contribution in [2.75, 3.05) is 20.2 Å². The number of ether oxygens (including phenoxy) is 1. The molecule has 1 aliphatic carbocycles. The first-order valence-electron chi connectivity index (χ1n) is 9.96. The molecule has 1 aromatic carbocycles. The molecule has 1 amide bonds. The van der Waals surface area contributed by atoms with Gasteiger partial charge in [0.1, 0.15) is 9.96 Å². The van der Waals surface area contributed by atoms with Crippen molar-refractivity contribution in [3.05, 3.63) is 47.3 Å². The second-order valence-corrected chi connectivity index (χ2v) is 10.8. The summed E-state index contributed by atoms with van der Waals surface area (Å²) < 4.78 is 32.5. The average molecular weight is 435 g/mol. The van der Waals surface area contributed by atoms with Gasteiger partial charge in [-0.1, -0.05) is 18.2 Å². The van der Waals surface area contributed by atoms with Crippen LogP contribution in [0.3, 0.4) is 0 Å². The van der Waals surface area contributed by atoms with Crippen LogP contribution in [0.15, 0.2) is 46.0 Å². The van der Waals surface area contributed by atoms with Gasteiger partial charge in [-0.2, -0.15) is 4.31 Å². The molecular weight excluding hydrogens is 408 g/mol. The monoisotopic (exact) mass is 434 g/mol. The summed E-state index contributed by atoms with van der Waals surface area (Å²) in [7, 11) is -1.79. The first-order chi connectivity index (χ1) is 14.0. The molecule has 1 aromatic heterocycles. The topological polar surface area (TPSA) is 66.9 Å². The van der Waals surface area contributed by atoms with Crippen molar-refractivity contribution in [2.24, 2.45) is 5.92 Å². The zero-order valence-corrected chi connectivity index (χ0v) is 18.1. The van der Waals surface area contributed by atoms with Crippen LogP contribution in [-0.4, -0.2) is 49.8 Å². The van der Waals surface area contributed by atoms with Crippen LogP contribution in [0.4, 0.5) is 0 Å². The number of amides is 1. The molecule has 0 bridgehead atoms. The number of thiophene rings is 1. The maximum absolute atomic E-state index is 13.2. The lowest BCUT2D eigenvalue weighted by Crippen LogP contribution is -2.44. The zero-order valence-electron chi connectivity index (χ0n) is 16.5. The molecule has 0 spiro atoms. The Morgan fingerprint density at radius 2 is 1.83 bits per heavy atom. The number of piperidine rings is 1. The van der Waals surface area contributed by atoms with E-state index in [4.69, 9.17) is 4.74 Å². The van der Waals surface area contributed by atoms with E-state index in [1.165, 1.54) is 15.6 Å². The molecule has 6 nitrogen and oxygen atoms in total. The number of methoxy groups -OCH3 is 1. The fraction of sp³-hybridized carbons (Fsp3) is 0.476. The van der Waals surface area contributed by atoms with Gasteiger partial charge in [0.15, 0.2) is 0 Å². The van der Waals surface area contributed by atoms with Crippen LogP contribution in [-0.2, 0) is 21.4 Å². The molecule has 0 N–H and O–H groups in total. The highest BCUT2D eigenvalue weighted by Gasteiger charge is 2.38. The van der Waals surface area contributed by atoms with E-state index in [0.717, 1.165) is 24.2 Å². The summed E-state index contributed by atoms with van der Waals surface area (Å²) in [5.41, 5.74) is 1.09. The Balaban J connectivity index is 1.39. The minimum atomic E-state index is -3.43. The largest absolute Gasteiger partial charge is 0.497 e. The Hall–Kier alpha value is -1.90. The third-order valence-corrected chi connectivity index (χ3v) is 8.95.